The predicted octanol–water partition coefficient (Wildman–Crippen LogP) is 3.20. The Labute approximate surface area is 113 Å². The summed E-state index contributed by atoms with van der Waals surface area (Å²) in [6, 6.07) is 4.52. The summed E-state index contributed by atoms with van der Waals surface area (Å²) in [5, 5.41) is 6.75. The number of aryl methyl sites for hydroxylation is 3. The van der Waals surface area contributed by atoms with Gasteiger partial charge in [0.15, 0.2) is 0 Å². The molecule has 2 heterocycles. The molecule has 2 N–H and O–H groups in total. The molecule has 4 heteroatoms. The first-order valence-electron chi connectivity index (χ1n) is 6.37. The Morgan fingerprint density at radius 2 is 2.11 bits per heavy atom. The van der Waals surface area contributed by atoms with E-state index in [9.17, 15) is 0 Å². The highest BCUT2D eigenvalue weighted by Crippen LogP contribution is 2.31. The second kappa shape index (κ2) is 5.24. The quantitative estimate of drug-likeness (QED) is 0.920. The maximum atomic E-state index is 6.33. The Morgan fingerprint density at radius 1 is 1.39 bits per heavy atom. The zero-order valence-electron chi connectivity index (χ0n) is 11.5. The van der Waals surface area contributed by atoms with Gasteiger partial charge in [-0.2, -0.15) is 5.10 Å². The minimum absolute atomic E-state index is 0.0975. The predicted molar refractivity (Wildman–Crippen MR) is 77.2 cm³/mol. The maximum absolute atomic E-state index is 6.33. The molecule has 2 atom stereocenters. The molecule has 0 aromatic carbocycles. The Kier molecular flexibility index (Phi) is 3.88. The van der Waals surface area contributed by atoms with Crippen LogP contribution in [0.15, 0.2) is 17.5 Å². The van der Waals surface area contributed by atoms with Crippen molar-refractivity contribution in [3.8, 4) is 0 Å². The van der Waals surface area contributed by atoms with Crippen LogP contribution in [0.4, 0.5) is 0 Å². The molecule has 0 fully saturated rings. The molecule has 2 unspecified atom stereocenters. The molecule has 0 aliphatic heterocycles. The van der Waals surface area contributed by atoms with Gasteiger partial charge in [0.1, 0.15) is 6.04 Å². The Morgan fingerprint density at radius 3 is 2.56 bits per heavy atom. The van der Waals surface area contributed by atoms with Crippen LogP contribution in [0.5, 0.6) is 0 Å². The van der Waals surface area contributed by atoms with Crippen molar-refractivity contribution < 1.29 is 0 Å². The normalized spacial score (nSPS) is 14.7. The van der Waals surface area contributed by atoms with E-state index >= 15 is 0 Å². The van der Waals surface area contributed by atoms with Crippen LogP contribution in [0.1, 0.15) is 41.2 Å². The summed E-state index contributed by atoms with van der Waals surface area (Å²) in [6.07, 6.45) is 0.945. The molecule has 18 heavy (non-hydrogen) atoms. The fourth-order valence-corrected chi connectivity index (χ4v) is 3.41. The Balaban J connectivity index is 2.50. The van der Waals surface area contributed by atoms with E-state index in [0.717, 1.165) is 12.1 Å². The summed E-state index contributed by atoms with van der Waals surface area (Å²) < 4.78 is 2.09. The van der Waals surface area contributed by atoms with E-state index in [1.54, 1.807) is 11.3 Å². The monoisotopic (exact) mass is 263 g/mol. The number of hydrogen-bond acceptors (Lipinski definition) is 3. The SMILES string of the molecule is CCC(N)C(c1sccc1C)n1nc(C)cc1C. The number of nitrogens with zero attached hydrogens (tertiary/aromatic N) is 2. The standard InChI is InChI=1S/C14H21N3S/c1-5-12(15)13(14-9(2)6-7-18-14)17-11(4)8-10(3)16-17/h6-8,12-13H,5,15H2,1-4H3. The lowest BCUT2D eigenvalue weighted by atomic mass is 10.0. The summed E-state index contributed by atoms with van der Waals surface area (Å²) in [4.78, 5) is 1.33. The number of rotatable bonds is 4. The van der Waals surface area contributed by atoms with Crippen molar-refractivity contribution in [3.63, 3.8) is 0 Å². The molecule has 98 valence electrons. The molecule has 3 nitrogen and oxygen atoms in total. The van der Waals surface area contributed by atoms with Gasteiger partial charge in [0.2, 0.25) is 0 Å². The molecule has 0 amide bonds. The number of nitrogens with two attached hydrogens (primary N) is 1. The average molecular weight is 263 g/mol. The highest BCUT2D eigenvalue weighted by atomic mass is 32.1. The van der Waals surface area contributed by atoms with Crippen LogP contribution in [-0.2, 0) is 0 Å². The van der Waals surface area contributed by atoms with Crippen LogP contribution in [0.2, 0.25) is 0 Å². The third-order valence-electron chi connectivity index (χ3n) is 3.36. The largest absolute Gasteiger partial charge is 0.326 e. The number of hydrogen-bond donors (Lipinski definition) is 1. The molecule has 0 aliphatic carbocycles. The van der Waals surface area contributed by atoms with E-state index in [2.05, 4.69) is 48.1 Å². The average Bonchev–Trinajstić information content (AvgIpc) is 2.87. The zero-order chi connectivity index (χ0) is 13.3. The molecular weight excluding hydrogens is 242 g/mol. The highest BCUT2D eigenvalue weighted by molar-refractivity contribution is 7.10. The van der Waals surface area contributed by atoms with E-state index < -0.39 is 0 Å². The summed E-state index contributed by atoms with van der Waals surface area (Å²) in [5.74, 6) is 0. The number of aromatic nitrogens is 2. The molecule has 0 aliphatic rings. The van der Waals surface area contributed by atoms with E-state index in [1.165, 1.54) is 16.1 Å². The van der Waals surface area contributed by atoms with Gasteiger partial charge >= 0.3 is 0 Å². The molecule has 0 radical (unpaired) electrons. The molecule has 0 saturated heterocycles. The van der Waals surface area contributed by atoms with Crippen LogP contribution in [0.3, 0.4) is 0 Å². The van der Waals surface area contributed by atoms with Crippen molar-refractivity contribution in [2.75, 3.05) is 0 Å². The molecule has 0 spiro atoms. The first-order valence-corrected chi connectivity index (χ1v) is 7.24. The molecule has 2 rings (SSSR count). The van der Waals surface area contributed by atoms with Crippen LogP contribution >= 0.6 is 11.3 Å². The lowest BCUT2D eigenvalue weighted by molar-refractivity contribution is 0.420. The van der Waals surface area contributed by atoms with Crippen LogP contribution < -0.4 is 5.73 Å². The fraction of sp³-hybridized carbons (Fsp3) is 0.500. The fourth-order valence-electron chi connectivity index (χ4n) is 2.33. The molecule has 0 bridgehead atoms. The Bertz CT molecular complexity index is 527. The first kappa shape index (κ1) is 13.3. The summed E-state index contributed by atoms with van der Waals surface area (Å²) in [7, 11) is 0. The van der Waals surface area contributed by atoms with Gasteiger partial charge in [-0.05, 0) is 50.3 Å². The molecule has 0 saturated carbocycles. The van der Waals surface area contributed by atoms with Crippen molar-refractivity contribution in [2.45, 2.75) is 46.2 Å². The zero-order valence-corrected chi connectivity index (χ0v) is 12.3. The van der Waals surface area contributed by atoms with Gasteiger partial charge in [0.25, 0.3) is 0 Å². The summed E-state index contributed by atoms with van der Waals surface area (Å²) in [5.41, 5.74) is 9.87. The van der Waals surface area contributed by atoms with Gasteiger partial charge in [-0.15, -0.1) is 11.3 Å². The second-order valence-electron chi connectivity index (χ2n) is 4.86. The lowest BCUT2D eigenvalue weighted by Gasteiger charge is -2.24. The van der Waals surface area contributed by atoms with Crippen LogP contribution in [0, 0.1) is 20.8 Å². The van der Waals surface area contributed by atoms with Gasteiger partial charge in [-0.3, -0.25) is 4.68 Å². The third-order valence-corrected chi connectivity index (χ3v) is 4.44. The van der Waals surface area contributed by atoms with Crippen molar-refractivity contribution >= 4 is 11.3 Å². The van der Waals surface area contributed by atoms with E-state index in [0.29, 0.717) is 0 Å². The maximum Gasteiger partial charge on any atom is 0.102 e. The van der Waals surface area contributed by atoms with Crippen molar-refractivity contribution in [3.05, 3.63) is 39.3 Å². The van der Waals surface area contributed by atoms with Crippen molar-refractivity contribution in [1.82, 2.24) is 9.78 Å². The minimum Gasteiger partial charge on any atom is -0.326 e. The lowest BCUT2D eigenvalue weighted by Crippen LogP contribution is -2.33. The molecule has 2 aromatic rings. The number of thiophene rings is 1. The van der Waals surface area contributed by atoms with Gasteiger partial charge < -0.3 is 5.73 Å². The highest BCUT2D eigenvalue weighted by Gasteiger charge is 2.25. The van der Waals surface area contributed by atoms with Gasteiger partial charge in [-0.1, -0.05) is 6.92 Å². The first-order chi connectivity index (χ1) is 8.54. The third kappa shape index (κ3) is 2.35. The Hall–Kier alpha value is -1.13. The van der Waals surface area contributed by atoms with Crippen molar-refractivity contribution in [2.24, 2.45) is 5.73 Å². The molecular formula is C14H21N3S. The van der Waals surface area contributed by atoms with Gasteiger partial charge in [-0.25, -0.2) is 0 Å². The van der Waals surface area contributed by atoms with Crippen LogP contribution in [0.25, 0.3) is 0 Å². The van der Waals surface area contributed by atoms with E-state index in [1.807, 2.05) is 6.92 Å². The van der Waals surface area contributed by atoms with E-state index in [4.69, 9.17) is 5.73 Å². The van der Waals surface area contributed by atoms with Crippen molar-refractivity contribution in [1.29, 1.82) is 0 Å². The topological polar surface area (TPSA) is 43.8 Å². The minimum atomic E-state index is 0.0975. The second-order valence-corrected chi connectivity index (χ2v) is 5.80. The van der Waals surface area contributed by atoms with Crippen LogP contribution in [-0.4, -0.2) is 15.8 Å². The van der Waals surface area contributed by atoms with E-state index in [-0.39, 0.29) is 12.1 Å². The smallest absolute Gasteiger partial charge is 0.102 e. The van der Waals surface area contributed by atoms with Gasteiger partial charge in [0, 0.05) is 16.6 Å². The van der Waals surface area contributed by atoms with Gasteiger partial charge in [0.05, 0.1) is 5.69 Å². The molecule has 2 aromatic heterocycles. The summed E-state index contributed by atoms with van der Waals surface area (Å²) in [6.45, 7) is 8.40. The summed E-state index contributed by atoms with van der Waals surface area (Å²) >= 11 is 1.77.